The molecular formula is C25H15Cl5F2N2O2. The number of nitrogens with one attached hydrogen (secondary N) is 1. The lowest BCUT2D eigenvalue weighted by Gasteiger charge is -2.09. The number of carbonyl (C=O) groups excluding carboxylic acids is 2. The molecular weight excluding hydrogens is 576 g/mol. The van der Waals surface area contributed by atoms with Crippen LogP contribution in [0.4, 0.5) is 14.5 Å². The number of hydrogen-bond donors (Lipinski definition) is 1. The number of halogens is 7. The van der Waals surface area contributed by atoms with Crippen molar-refractivity contribution in [3.8, 4) is 0 Å². The molecule has 0 saturated heterocycles. The lowest BCUT2D eigenvalue weighted by molar-refractivity contribution is -0.117. The zero-order valence-electron chi connectivity index (χ0n) is 18.1. The predicted molar refractivity (Wildman–Crippen MR) is 140 cm³/mol. The molecule has 1 aliphatic rings. The van der Waals surface area contributed by atoms with E-state index in [1.807, 2.05) is 0 Å². The van der Waals surface area contributed by atoms with Gasteiger partial charge in [-0.3, -0.25) is 9.59 Å². The van der Waals surface area contributed by atoms with Crippen LogP contribution in [0.3, 0.4) is 0 Å². The molecule has 36 heavy (non-hydrogen) atoms. The molecule has 0 bridgehead atoms. The van der Waals surface area contributed by atoms with Crippen LogP contribution in [-0.2, 0) is 11.2 Å². The maximum absolute atomic E-state index is 14.0. The van der Waals surface area contributed by atoms with Gasteiger partial charge in [-0.2, -0.15) is 4.39 Å². The number of nitrogens with zero attached hydrogens (tertiary/aromatic N) is 1. The van der Waals surface area contributed by atoms with Crippen LogP contribution in [-0.4, -0.2) is 21.0 Å². The molecule has 1 amide bonds. The summed E-state index contributed by atoms with van der Waals surface area (Å²) in [6.45, 7) is 3.03. The fourth-order valence-electron chi connectivity index (χ4n) is 3.89. The predicted octanol–water partition coefficient (Wildman–Crippen LogP) is 8.07. The average molecular weight is 591 g/mol. The lowest BCUT2D eigenvalue weighted by atomic mass is 10.0. The normalized spacial score (nSPS) is 18.0. The summed E-state index contributed by atoms with van der Waals surface area (Å²) in [4.78, 5) is 29.4. The van der Waals surface area contributed by atoms with E-state index in [-0.39, 0.29) is 34.0 Å². The van der Waals surface area contributed by atoms with Crippen molar-refractivity contribution in [3.63, 3.8) is 0 Å². The maximum Gasteiger partial charge on any atom is 0.231 e. The Morgan fingerprint density at radius 2 is 1.67 bits per heavy atom. The molecule has 1 N–H and O–H groups in total. The molecule has 4 rings (SSSR count). The molecule has 186 valence electrons. The van der Waals surface area contributed by atoms with Gasteiger partial charge in [-0.05, 0) is 54.1 Å². The van der Waals surface area contributed by atoms with Crippen LogP contribution in [0.2, 0.25) is 15.1 Å². The number of amides is 1. The molecule has 1 fully saturated rings. The van der Waals surface area contributed by atoms with Crippen molar-refractivity contribution in [2.45, 2.75) is 16.7 Å². The molecule has 4 nitrogen and oxygen atoms in total. The first-order valence-electron chi connectivity index (χ1n) is 10.4. The molecule has 11 heteroatoms. The highest BCUT2D eigenvalue weighted by Gasteiger charge is 2.67. The second-order valence-electron chi connectivity index (χ2n) is 8.16. The van der Waals surface area contributed by atoms with Gasteiger partial charge in [-0.25, -0.2) is 9.37 Å². The van der Waals surface area contributed by atoms with E-state index < -0.39 is 39.6 Å². The van der Waals surface area contributed by atoms with Crippen LogP contribution in [0.25, 0.3) is 5.83 Å². The summed E-state index contributed by atoms with van der Waals surface area (Å²) in [7, 11) is 0. The smallest absolute Gasteiger partial charge is 0.231 e. The number of ketones is 1. The van der Waals surface area contributed by atoms with E-state index in [0.29, 0.717) is 15.6 Å². The lowest BCUT2D eigenvalue weighted by Crippen LogP contribution is -2.17. The number of pyridine rings is 1. The van der Waals surface area contributed by atoms with Gasteiger partial charge in [0, 0.05) is 27.2 Å². The summed E-state index contributed by atoms with van der Waals surface area (Å²) >= 11 is 31.1. The summed E-state index contributed by atoms with van der Waals surface area (Å²) in [5, 5.41) is 3.58. The highest BCUT2D eigenvalue weighted by Crippen LogP contribution is 2.65. The van der Waals surface area contributed by atoms with Crippen LogP contribution >= 0.6 is 58.0 Å². The Morgan fingerprint density at radius 3 is 2.28 bits per heavy atom. The Hall–Kier alpha value is -2.22. The summed E-state index contributed by atoms with van der Waals surface area (Å²) in [5.41, 5.74) is 0.652. The summed E-state index contributed by atoms with van der Waals surface area (Å²) < 4.78 is 25.8. The van der Waals surface area contributed by atoms with Gasteiger partial charge >= 0.3 is 0 Å². The highest BCUT2D eigenvalue weighted by molar-refractivity contribution is 6.53. The average Bonchev–Trinajstić information content (AvgIpc) is 3.36. The van der Waals surface area contributed by atoms with E-state index in [0.717, 1.165) is 6.07 Å². The molecule has 2 aromatic carbocycles. The van der Waals surface area contributed by atoms with Gasteiger partial charge in [0.15, 0.2) is 5.78 Å². The van der Waals surface area contributed by atoms with Gasteiger partial charge in [0.1, 0.15) is 10.2 Å². The number of Topliss-reactive ketones (excluding diaryl/α,β-unsaturated/α-hetero) is 1. The van der Waals surface area contributed by atoms with Gasteiger partial charge in [0.25, 0.3) is 0 Å². The summed E-state index contributed by atoms with van der Waals surface area (Å²) in [5.74, 6) is -4.37. The third-order valence-corrected chi connectivity index (χ3v) is 7.36. The van der Waals surface area contributed by atoms with Crippen LogP contribution in [0.15, 0.2) is 55.1 Å². The number of anilines is 1. The first-order valence-corrected chi connectivity index (χ1v) is 12.2. The van der Waals surface area contributed by atoms with E-state index in [1.54, 1.807) is 18.2 Å². The van der Waals surface area contributed by atoms with Crippen LogP contribution in [0.5, 0.6) is 0 Å². The molecule has 0 aliphatic heterocycles. The number of rotatable bonds is 7. The molecule has 3 aromatic rings. The molecule has 1 saturated carbocycles. The number of alkyl halides is 2. The largest absolute Gasteiger partial charge is 0.326 e. The van der Waals surface area contributed by atoms with Crippen LogP contribution in [0.1, 0.15) is 33.1 Å². The van der Waals surface area contributed by atoms with Crippen molar-refractivity contribution in [1.29, 1.82) is 0 Å². The van der Waals surface area contributed by atoms with E-state index in [1.165, 1.54) is 24.3 Å². The van der Waals surface area contributed by atoms with E-state index in [9.17, 15) is 18.4 Å². The van der Waals surface area contributed by atoms with Crippen LogP contribution < -0.4 is 5.32 Å². The Kier molecular flexibility index (Phi) is 7.65. The van der Waals surface area contributed by atoms with Gasteiger partial charge in [-0.1, -0.05) is 41.4 Å². The van der Waals surface area contributed by atoms with E-state index >= 15 is 0 Å². The Labute approximate surface area is 230 Å². The van der Waals surface area contributed by atoms with Crippen molar-refractivity contribution in [2.75, 3.05) is 5.32 Å². The minimum absolute atomic E-state index is 0.0723. The Balaban J connectivity index is 1.50. The van der Waals surface area contributed by atoms with Crippen molar-refractivity contribution < 1.29 is 18.4 Å². The molecule has 0 radical (unpaired) electrons. The maximum atomic E-state index is 14.0. The highest BCUT2D eigenvalue weighted by atomic mass is 35.5. The number of benzene rings is 2. The van der Waals surface area contributed by atoms with Crippen molar-refractivity contribution in [3.05, 3.63) is 98.5 Å². The van der Waals surface area contributed by atoms with Crippen molar-refractivity contribution >= 4 is 81.2 Å². The number of aromatic nitrogens is 1. The molecule has 2 atom stereocenters. The first kappa shape index (κ1) is 26.8. The second-order valence-corrected chi connectivity index (χ2v) is 10.9. The summed E-state index contributed by atoms with van der Waals surface area (Å²) in [6.07, 6.45) is -0.306. The number of hydrogen-bond acceptors (Lipinski definition) is 3. The summed E-state index contributed by atoms with van der Waals surface area (Å²) in [6, 6.07) is 11.6. The minimum atomic E-state index is -1.38. The molecule has 2 unspecified atom stereocenters. The fraction of sp³-hybridized carbons (Fsp3) is 0.160. The number of carbonyl (C=O) groups is 2. The Morgan fingerprint density at radius 1 is 1.00 bits per heavy atom. The molecule has 1 aliphatic carbocycles. The molecule has 0 spiro atoms. The SMILES string of the molecule is C=C(F)c1ccc(CC(=O)c2cc(NC(=O)C3C(c4cc(Cl)cc(Cl)c4)C3(Cl)Cl)ccc2Cl)nc1F. The third kappa shape index (κ3) is 5.53. The topological polar surface area (TPSA) is 59.1 Å². The van der Waals surface area contributed by atoms with Crippen molar-refractivity contribution in [1.82, 2.24) is 4.98 Å². The quantitative estimate of drug-likeness (QED) is 0.172. The van der Waals surface area contributed by atoms with Gasteiger partial charge < -0.3 is 5.32 Å². The fourth-order valence-corrected chi connectivity index (χ4v) is 5.49. The van der Waals surface area contributed by atoms with E-state index in [4.69, 9.17) is 58.0 Å². The van der Waals surface area contributed by atoms with Gasteiger partial charge in [0.05, 0.1) is 28.6 Å². The zero-order chi connectivity index (χ0) is 26.4. The monoisotopic (exact) mass is 588 g/mol. The van der Waals surface area contributed by atoms with Crippen LogP contribution in [0, 0.1) is 11.9 Å². The minimum Gasteiger partial charge on any atom is -0.326 e. The molecule has 1 aromatic heterocycles. The van der Waals surface area contributed by atoms with Crippen molar-refractivity contribution in [2.24, 2.45) is 5.92 Å². The van der Waals surface area contributed by atoms with E-state index in [2.05, 4.69) is 16.9 Å². The Bertz CT molecular complexity index is 1390. The zero-order valence-corrected chi connectivity index (χ0v) is 21.9. The first-order chi connectivity index (χ1) is 16.9. The van der Waals surface area contributed by atoms with Gasteiger partial charge in [0.2, 0.25) is 11.9 Å². The third-order valence-electron chi connectivity index (χ3n) is 5.65. The second kappa shape index (κ2) is 10.3. The van der Waals surface area contributed by atoms with Gasteiger partial charge in [-0.15, -0.1) is 23.2 Å². The standard InChI is InChI=1S/C25H15Cl5F2N2O2/c1-11(31)17-4-2-16(33-23(17)32)10-20(35)18-9-15(3-5-19(18)28)34-24(36)22-21(25(22,29)30)12-6-13(26)8-14(27)7-12/h2-9,21-22H,1,10H2,(H,34,36). The molecule has 1 heterocycles.